The lowest BCUT2D eigenvalue weighted by Crippen LogP contribution is -2.47. The predicted molar refractivity (Wildman–Crippen MR) is 120 cm³/mol. The molecule has 6 nitrogen and oxygen atoms in total. The first-order chi connectivity index (χ1) is 15.9. The maximum atomic E-state index is 13.9. The first-order valence-corrected chi connectivity index (χ1v) is 11.3. The molecular weight excluding hydrogens is 428 g/mol. The molecule has 2 aromatic rings. The fraction of sp³-hybridized carbons (Fsp3) is 0.400. The number of para-hydroxylation sites is 1. The van der Waals surface area contributed by atoms with E-state index in [9.17, 15) is 23.2 Å². The molecule has 0 saturated carbocycles. The summed E-state index contributed by atoms with van der Waals surface area (Å²) in [6.45, 7) is 1.84. The number of hydrogen-bond acceptors (Lipinski definition) is 3. The van der Waals surface area contributed by atoms with Crippen LogP contribution < -0.4 is 5.32 Å². The number of nitrogens with zero attached hydrogens (tertiary/aromatic N) is 2. The fourth-order valence-electron chi connectivity index (χ4n) is 4.58. The number of hydrogen-bond donors (Lipinski definition) is 1. The van der Waals surface area contributed by atoms with Gasteiger partial charge < -0.3 is 15.1 Å². The summed E-state index contributed by atoms with van der Waals surface area (Å²) in [6.07, 6.45) is 2.04. The third kappa shape index (κ3) is 5.38. The summed E-state index contributed by atoms with van der Waals surface area (Å²) >= 11 is 0. The molecule has 4 rings (SSSR count). The zero-order chi connectivity index (χ0) is 23.4. The number of benzene rings is 2. The van der Waals surface area contributed by atoms with Gasteiger partial charge in [-0.1, -0.05) is 18.2 Å². The topological polar surface area (TPSA) is 69.7 Å². The van der Waals surface area contributed by atoms with Crippen LogP contribution in [0.1, 0.15) is 36.0 Å². The normalized spacial score (nSPS) is 17.6. The maximum absolute atomic E-state index is 13.9. The molecule has 33 heavy (non-hydrogen) atoms. The maximum Gasteiger partial charge on any atom is 0.321 e. The van der Waals surface area contributed by atoms with Gasteiger partial charge in [0, 0.05) is 43.7 Å². The van der Waals surface area contributed by atoms with E-state index in [1.807, 2.05) is 30.3 Å². The highest BCUT2D eigenvalue weighted by molar-refractivity contribution is 5.98. The molecule has 2 aliphatic rings. The van der Waals surface area contributed by atoms with E-state index in [4.69, 9.17) is 0 Å². The number of likely N-dealkylation sites (tertiary alicyclic amines) is 2. The van der Waals surface area contributed by atoms with Crippen LogP contribution in [0.2, 0.25) is 0 Å². The highest BCUT2D eigenvalue weighted by Gasteiger charge is 2.34. The number of Topliss-reactive ketones (excluding diaryl/α,β-unsaturated/α-hetero) is 1. The van der Waals surface area contributed by atoms with Crippen molar-refractivity contribution in [3.8, 4) is 0 Å². The highest BCUT2D eigenvalue weighted by Crippen LogP contribution is 2.27. The van der Waals surface area contributed by atoms with Gasteiger partial charge in [-0.05, 0) is 56.0 Å². The Kier molecular flexibility index (Phi) is 7.01. The smallest absolute Gasteiger partial charge is 0.321 e. The van der Waals surface area contributed by atoms with Crippen molar-refractivity contribution < 1.29 is 23.2 Å². The van der Waals surface area contributed by atoms with E-state index in [0.29, 0.717) is 51.9 Å². The van der Waals surface area contributed by atoms with Crippen molar-refractivity contribution in [2.24, 2.45) is 11.8 Å². The third-order valence-corrected chi connectivity index (χ3v) is 6.53. The van der Waals surface area contributed by atoms with Gasteiger partial charge in [0.2, 0.25) is 5.91 Å². The molecule has 0 bridgehead atoms. The number of ketones is 1. The molecule has 2 aromatic carbocycles. The third-order valence-electron chi connectivity index (χ3n) is 6.53. The second kappa shape index (κ2) is 10.1. The second-order valence-corrected chi connectivity index (χ2v) is 8.65. The molecule has 2 aliphatic heterocycles. The number of anilines is 1. The Morgan fingerprint density at radius 1 is 0.788 bits per heavy atom. The fourth-order valence-corrected chi connectivity index (χ4v) is 4.58. The van der Waals surface area contributed by atoms with Crippen LogP contribution in [0.25, 0.3) is 0 Å². The molecule has 0 atom stereocenters. The van der Waals surface area contributed by atoms with Crippen molar-refractivity contribution in [3.63, 3.8) is 0 Å². The van der Waals surface area contributed by atoms with E-state index >= 15 is 0 Å². The Morgan fingerprint density at radius 3 is 2.06 bits per heavy atom. The Morgan fingerprint density at radius 2 is 1.39 bits per heavy atom. The molecule has 174 valence electrons. The van der Waals surface area contributed by atoms with Crippen LogP contribution in [-0.2, 0) is 4.79 Å². The van der Waals surface area contributed by atoms with Gasteiger partial charge in [0.05, 0.1) is 5.56 Å². The minimum absolute atomic E-state index is 0.0425. The average molecular weight is 456 g/mol. The van der Waals surface area contributed by atoms with E-state index in [2.05, 4.69) is 5.32 Å². The molecule has 0 spiro atoms. The number of nitrogens with one attached hydrogen (secondary N) is 1. The van der Waals surface area contributed by atoms with Crippen LogP contribution in [0.4, 0.5) is 19.3 Å². The van der Waals surface area contributed by atoms with Crippen LogP contribution in [0.15, 0.2) is 48.5 Å². The number of piperidine rings is 2. The summed E-state index contributed by atoms with van der Waals surface area (Å²) in [5, 5.41) is 2.86. The van der Waals surface area contributed by atoms with Crippen LogP contribution in [-0.4, -0.2) is 53.7 Å². The van der Waals surface area contributed by atoms with Crippen molar-refractivity contribution >= 4 is 23.4 Å². The summed E-state index contributed by atoms with van der Waals surface area (Å²) < 4.78 is 27.4. The summed E-state index contributed by atoms with van der Waals surface area (Å²) in [6, 6.07) is 12.0. The number of carbonyl (C=O) groups excluding carboxylic acids is 3. The number of urea groups is 1. The number of amides is 3. The lowest BCUT2D eigenvalue weighted by molar-refractivity contribution is -0.138. The van der Waals surface area contributed by atoms with E-state index in [-0.39, 0.29) is 23.4 Å². The molecule has 2 heterocycles. The van der Waals surface area contributed by atoms with Crippen molar-refractivity contribution in [2.75, 3.05) is 31.5 Å². The lowest BCUT2D eigenvalue weighted by Gasteiger charge is -2.37. The van der Waals surface area contributed by atoms with Crippen molar-refractivity contribution in [1.82, 2.24) is 9.80 Å². The van der Waals surface area contributed by atoms with E-state index < -0.39 is 23.3 Å². The number of halogens is 2. The molecule has 8 heteroatoms. The first kappa shape index (κ1) is 22.9. The van der Waals surface area contributed by atoms with Gasteiger partial charge in [-0.25, -0.2) is 13.6 Å². The Labute approximate surface area is 191 Å². The largest absolute Gasteiger partial charge is 0.342 e. The zero-order valence-corrected chi connectivity index (χ0v) is 18.3. The molecule has 0 radical (unpaired) electrons. The molecular formula is C25H27F2N3O3. The minimum Gasteiger partial charge on any atom is -0.342 e. The predicted octanol–water partition coefficient (Wildman–Crippen LogP) is 4.33. The van der Waals surface area contributed by atoms with E-state index in [0.717, 1.165) is 23.9 Å². The van der Waals surface area contributed by atoms with Crippen molar-refractivity contribution in [2.45, 2.75) is 25.7 Å². The first-order valence-electron chi connectivity index (χ1n) is 11.3. The summed E-state index contributed by atoms with van der Waals surface area (Å²) in [5.74, 6) is -2.30. The molecule has 3 amide bonds. The number of carbonyl (C=O) groups is 3. The number of rotatable bonds is 4. The SMILES string of the molecule is O=C(c1cc(F)ccc1F)C1CCN(C(=O)C2CCN(C(=O)Nc3ccccc3)CC2)CC1. The molecule has 2 fully saturated rings. The molecule has 1 N–H and O–H groups in total. The quantitative estimate of drug-likeness (QED) is 0.698. The zero-order valence-electron chi connectivity index (χ0n) is 18.3. The van der Waals surface area contributed by atoms with Gasteiger partial charge in [0.25, 0.3) is 0 Å². The molecule has 0 aliphatic carbocycles. The van der Waals surface area contributed by atoms with Crippen LogP contribution >= 0.6 is 0 Å². The van der Waals surface area contributed by atoms with Crippen LogP contribution in [0, 0.1) is 23.5 Å². The lowest BCUT2D eigenvalue weighted by atomic mass is 9.87. The molecule has 2 saturated heterocycles. The Bertz CT molecular complexity index is 1010. The summed E-state index contributed by atoms with van der Waals surface area (Å²) in [7, 11) is 0. The van der Waals surface area contributed by atoms with Gasteiger partial charge >= 0.3 is 6.03 Å². The van der Waals surface area contributed by atoms with Gasteiger partial charge in [-0.15, -0.1) is 0 Å². The monoisotopic (exact) mass is 455 g/mol. The van der Waals surface area contributed by atoms with Crippen LogP contribution in [0.3, 0.4) is 0 Å². The Balaban J connectivity index is 1.25. The van der Waals surface area contributed by atoms with E-state index in [1.54, 1.807) is 9.80 Å². The average Bonchev–Trinajstić information content (AvgIpc) is 2.85. The molecule has 0 aromatic heterocycles. The van der Waals surface area contributed by atoms with Crippen LogP contribution in [0.5, 0.6) is 0 Å². The van der Waals surface area contributed by atoms with Gasteiger partial charge in [-0.3, -0.25) is 9.59 Å². The van der Waals surface area contributed by atoms with Gasteiger partial charge in [-0.2, -0.15) is 0 Å². The minimum atomic E-state index is -0.719. The highest BCUT2D eigenvalue weighted by atomic mass is 19.1. The standard InChI is InChI=1S/C25H27F2N3O3/c26-19-6-7-22(27)21(16-19)23(31)17-8-12-29(13-9-17)24(32)18-10-14-30(15-11-18)25(33)28-20-4-2-1-3-5-20/h1-7,16-18H,8-15H2,(H,28,33). The van der Waals surface area contributed by atoms with Crippen molar-refractivity contribution in [1.29, 1.82) is 0 Å². The summed E-state index contributed by atoms with van der Waals surface area (Å²) in [4.78, 5) is 41.5. The molecule has 0 unspecified atom stereocenters. The summed E-state index contributed by atoms with van der Waals surface area (Å²) in [5.41, 5.74) is 0.511. The van der Waals surface area contributed by atoms with Gasteiger partial charge in [0.1, 0.15) is 11.6 Å². The van der Waals surface area contributed by atoms with E-state index in [1.165, 1.54) is 0 Å². The van der Waals surface area contributed by atoms with Gasteiger partial charge in [0.15, 0.2) is 5.78 Å². The second-order valence-electron chi connectivity index (χ2n) is 8.65. The van der Waals surface area contributed by atoms with Crippen molar-refractivity contribution in [3.05, 3.63) is 65.7 Å². The Hall–Kier alpha value is -3.29.